The van der Waals surface area contributed by atoms with E-state index >= 15 is 0 Å². The Labute approximate surface area is 115 Å². The molecule has 0 fully saturated rings. The van der Waals surface area contributed by atoms with Gasteiger partial charge in [-0.05, 0) is 24.3 Å². The third-order valence-corrected chi connectivity index (χ3v) is 3.10. The molecule has 3 nitrogen and oxygen atoms in total. The Hall–Kier alpha value is -1.29. The number of benzene rings is 1. The molecule has 1 atom stereocenters. The van der Waals surface area contributed by atoms with E-state index in [1.807, 2.05) is 0 Å². The number of aromatic nitrogens is 1. The van der Waals surface area contributed by atoms with Gasteiger partial charge in [-0.2, -0.15) is 0 Å². The van der Waals surface area contributed by atoms with Crippen molar-refractivity contribution in [3.05, 3.63) is 57.8 Å². The van der Waals surface area contributed by atoms with Crippen LogP contribution in [0.15, 0.2) is 36.5 Å². The highest BCUT2D eigenvalue weighted by Crippen LogP contribution is 2.33. The van der Waals surface area contributed by atoms with Gasteiger partial charge in [-0.25, -0.2) is 0 Å². The van der Waals surface area contributed by atoms with Gasteiger partial charge in [0, 0.05) is 21.8 Å². The number of rotatable bonds is 3. The second kappa shape index (κ2) is 5.57. The van der Waals surface area contributed by atoms with E-state index in [1.54, 1.807) is 36.5 Å². The number of nitrogens with zero attached hydrogens (tertiary/aromatic N) is 1. The van der Waals surface area contributed by atoms with Crippen molar-refractivity contribution in [1.82, 2.24) is 4.98 Å². The molecule has 18 heavy (non-hydrogen) atoms. The molecule has 0 aliphatic carbocycles. The van der Waals surface area contributed by atoms with Crippen molar-refractivity contribution in [3.63, 3.8) is 0 Å². The van der Waals surface area contributed by atoms with Gasteiger partial charge in [0.2, 0.25) is 0 Å². The van der Waals surface area contributed by atoms with Gasteiger partial charge < -0.3 is 9.84 Å². The van der Waals surface area contributed by atoms with Crippen molar-refractivity contribution in [3.8, 4) is 5.75 Å². The molecule has 0 aliphatic heterocycles. The summed E-state index contributed by atoms with van der Waals surface area (Å²) in [5.74, 6) is 0.510. The average molecular weight is 284 g/mol. The van der Waals surface area contributed by atoms with Crippen molar-refractivity contribution in [2.75, 3.05) is 7.11 Å². The van der Waals surface area contributed by atoms with Crippen LogP contribution in [0.25, 0.3) is 0 Å². The van der Waals surface area contributed by atoms with Crippen LogP contribution in [0, 0.1) is 0 Å². The lowest BCUT2D eigenvalue weighted by atomic mass is 10.1. The summed E-state index contributed by atoms with van der Waals surface area (Å²) in [6, 6.07) is 8.38. The number of ether oxygens (including phenoxy) is 1. The van der Waals surface area contributed by atoms with Crippen molar-refractivity contribution in [2.24, 2.45) is 0 Å². The van der Waals surface area contributed by atoms with Gasteiger partial charge in [0.1, 0.15) is 17.5 Å². The lowest BCUT2D eigenvalue weighted by Crippen LogP contribution is -2.05. The van der Waals surface area contributed by atoms with E-state index in [0.29, 0.717) is 27.1 Å². The largest absolute Gasteiger partial charge is 0.495 e. The van der Waals surface area contributed by atoms with Gasteiger partial charge in [-0.15, -0.1) is 0 Å². The average Bonchev–Trinajstić information content (AvgIpc) is 2.38. The summed E-state index contributed by atoms with van der Waals surface area (Å²) in [5.41, 5.74) is 0.960. The lowest BCUT2D eigenvalue weighted by Gasteiger charge is -2.15. The Kier molecular flexibility index (Phi) is 4.07. The minimum Gasteiger partial charge on any atom is -0.495 e. The summed E-state index contributed by atoms with van der Waals surface area (Å²) in [7, 11) is 1.52. The third kappa shape index (κ3) is 2.58. The second-order valence-corrected chi connectivity index (χ2v) is 4.50. The Morgan fingerprint density at radius 1 is 1.28 bits per heavy atom. The second-order valence-electron chi connectivity index (χ2n) is 3.66. The molecule has 0 radical (unpaired) electrons. The van der Waals surface area contributed by atoms with Gasteiger partial charge in [0.25, 0.3) is 0 Å². The van der Waals surface area contributed by atoms with Crippen LogP contribution in [-0.2, 0) is 0 Å². The predicted molar refractivity (Wildman–Crippen MR) is 71.3 cm³/mol. The molecule has 1 aromatic heterocycles. The van der Waals surface area contributed by atoms with Crippen LogP contribution in [0.5, 0.6) is 5.75 Å². The Bertz CT molecular complexity index is 560. The van der Waals surface area contributed by atoms with Crippen molar-refractivity contribution >= 4 is 23.2 Å². The molecule has 2 rings (SSSR count). The van der Waals surface area contributed by atoms with E-state index in [9.17, 15) is 5.11 Å². The van der Waals surface area contributed by atoms with Crippen LogP contribution in [0.3, 0.4) is 0 Å². The van der Waals surface area contributed by atoms with Crippen LogP contribution in [-0.4, -0.2) is 17.2 Å². The van der Waals surface area contributed by atoms with Gasteiger partial charge in [0.15, 0.2) is 0 Å². The molecule has 94 valence electrons. The Morgan fingerprint density at radius 3 is 2.72 bits per heavy atom. The molecule has 0 bridgehead atoms. The summed E-state index contributed by atoms with van der Waals surface area (Å²) in [4.78, 5) is 4.12. The standard InChI is InChI=1S/C13H11Cl2NO2/c1-18-11-3-2-6-16-12(11)13(17)9-5-4-8(14)7-10(9)15/h2-7,13,17H,1H3. The maximum Gasteiger partial charge on any atom is 0.143 e. The van der Waals surface area contributed by atoms with E-state index in [-0.39, 0.29) is 0 Å². The van der Waals surface area contributed by atoms with E-state index in [0.717, 1.165) is 0 Å². The minimum atomic E-state index is -0.953. The molecular weight excluding hydrogens is 273 g/mol. The number of pyridine rings is 1. The van der Waals surface area contributed by atoms with Crippen LogP contribution >= 0.6 is 23.2 Å². The van der Waals surface area contributed by atoms with Gasteiger partial charge in [-0.1, -0.05) is 29.3 Å². The molecule has 1 aromatic carbocycles. The van der Waals surface area contributed by atoms with Gasteiger partial charge in [0.05, 0.1) is 7.11 Å². The number of hydrogen-bond donors (Lipinski definition) is 1. The highest BCUT2D eigenvalue weighted by atomic mass is 35.5. The van der Waals surface area contributed by atoms with Crippen molar-refractivity contribution < 1.29 is 9.84 Å². The molecule has 1 heterocycles. The number of hydrogen-bond acceptors (Lipinski definition) is 3. The zero-order valence-electron chi connectivity index (χ0n) is 9.60. The van der Waals surface area contributed by atoms with Crippen LogP contribution in [0.2, 0.25) is 10.0 Å². The predicted octanol–water partition coefficient (Wildman–Crippen LogP) is 3.48. The third-order valence-electron chi connectivity index (χ3n) is 2.54. The number of halogens is 2. The first-order chi connectivity index (χ1) is 8.63. The normalized spacial score (nSPS) is 12.2. The van der Waals surface area contributed by atoms with Gasteiger partial charge >= 0.3 is 0 Å². The molecule has 0 spiro atoms. The Morgan fingerprint density at radius 2 is 2.06 bits per heavy atom. The monoisotopic (exact) mass is 283 g/mol. The fourth-order valence-corrected chi connectivity index (χ4v) is 2.16. The Balaban J connectivity index is 2.44. The van der Waals surface area contributed by atoms with Crippen molar-refractivity contribution in [1.29, 1.82) is 0 Å². The summed E-state index contributed by atoms with van der Waals surface area (Å²) in [6.07, 6.45) is 0.635. The molecule has 1 unspecified atom stereocenters. The van der Waals surface area contributed by atoms with Crippen LogP contribution in [0.1, 0.15) is 17.4 Å². The SMILES string of the molecule is COc1cccnc1C(O)c1ccc(Cl)cc1Cl. The fourth-order valence-electron chi connectivity index (χ4n) is 1.65. The maximum atomic E-state index is 10.3. The van der Waals surface area contributed by atoms with E-state index in [2.05, 4.69) is 4.98 Å². The summed E-state index contributed by atoms with van der Waals surface area (Å²) < 4.78 is 5.16. The number of methoxy groups -OCH3 is 1. The first kappa shape index (κ1) is 13.1. The van der Waals surface area contributed by atoms with E-state index in [1.165, 1.54) is 7.11 Å². The molecule has 2 aromatic rings. The first-order valence-corrected chi connectivity index (χ1v) is 6.01. The summed E-state index contributed by atoms with van der Waals surface area (Å²) in [5, 5.41) is 11.2. The lowest BCUT2D eigenvalue weighted by molar-refractivity contribution is 0.209. The molecule has 0 aliphatic rings. The molecule has 1 N–H and O–H groups in total. The van der Waals surface area contributed by atoms with Gasteiger partial charge in [-0.3, -0.25) is 4.98 Å². The highest BCUT2D eigenvalue weighted by Gasteiger charge is 2.19. The van der Waals surface area contributed by atoms with Crippen LogP contribution < -0.4 is 4.74 Å². The summed E-state index contributed by atoms with van der Waals surface area (Å²) in [6.45, 7) is 0. The maximum absolute atomic E-state index is 10.3. The molecule has 0 amide bonds. The zero-order chi connectivity index (χ0) is 13.1. The van der Waals surface area contributed by atoms with E-state index < -0.39 is 6.10 Å². The van der Waals surface area contributed by atoms with Crippen LogP contribution in [0.4, 0.5) is 0 Å². The molecule has 0 saturated heterocycles. The molecule has 0 saturated carbocycles. The van der Waals surface area contributed by atoms with E-state index in [4.69, 9.17) is 27.9 Å². The molecule has 5 heteroatoms. The quantitative estimate of drug-likeness (QED) is 0.938. The van der Waals surface area contributed by atoms with Crippen molar-refractivity contribution in [2.45, 2.75) is 6.10 Å². The first-order valence-electron chi connectivity index (χ1n) is 5.25. The zero-order valence-corrected chi connectivity index (χ0v) is 11.1. The number of aliphatic hydroxyl groups excluding tert-OH is 1. The fraction of sp³-hybridized carbons (Fsp3) is 0.154. The summed E-state index contributed by atoms with van der Waals surface area (Å²) >= 11 is 11.9. The smallest absolute Gasteiger partial charge is 0.143 e. The topological polar surface area (TPSA) is 42.4 Å². The molecular formula is C13H11Cl2NO2. The highest BCUT2D eigenvalue weighted by molar-refractivity contribution is 6.35. The minimum absolute atomic E-state index is 0.391. The number of aliphatic hydroxyl groups is 1.